The molecule has 0 amide bonds. The molecule has 0 aromatic heterocycles. The van der Waals surface area contributed by atoms with Gasteiger partial charge in [0.15, 0.2) is 0 Å². The van der Waals surface area contributed by atoms with E-state index >= 15 is 0 Å². The third-order valence-electron chi connectivity index (χ3n) is 3.62. The minimum absolute atomic E-state index is 0.291. The Labute approximate surface area is 119 Å². The highest BCUT2D eigenvalue weighted by molar-refractivity contribution is 7.99. The minimum Gasteiger partial charge on any atom is -0.329 e. The van der Waals surface area contributed by atoms with Crippen LogP contribution in [-0.4, -0.2) is 35.5 Å². The molecule has 1 aliphatic rings. The fourth-order valence-electron chi connectivity index (χ4n) is 2.48. The first-order valence-electron chi connectivity index (χ1n) is 6.43. The Bertz CT molecular complexity index is 411. The van der Waals surface area contributed by atoms with Gasteiger partial charge in [-0.05, 0) is 31.0 Å². The Morgan fingerprint density at radius 3 is 2.94 bits per heavy atom. The third-order valence-corrected chi connectivity index (χ3v) is 5.22. The number of thioether (sulfide) groups is 1. The Balaban J connectivity index is 2.23. The first-order valence-corrected chi connectivity index (χ1v) is 7.96. The van der Waals surface area contributed by atoms with Gasteiger partial charge in [0.1, 0.15) is 0 Å². The molecule has 2 N–H and O–H groups in total. The van der Waals surface area contributed by atoms with Crippen LogP contribution in [0.4, 0.5) is 0 Å². The predicted octanol–water partition coefficient (Wildman–Crippen LogP) is 3.09. The standard InChI is InChI=1S/C14H21ClN2S/c1-10-3-4-12(7-13(10)15)14(8-16)17-5-6-18-9-11(17)2/h3-4,7,11,14H,5-6,8-9,16H2,1-2H3. The van der Waals surface area contributed by atoms with Gasteiger partial charge in [-0.15, -0.1) is 0 Å². The largest absolute Gasteiger partial charge is 0.329 e. The normalized spacial score (nSPS) is 23.0. The zero-order chi connectivity index (χ0) is 13.1. The summed E-state index contributed by atoms with van der Waals surface area (Å²) in [6.07, 6.45) is 0. The molecular formula is C14H21ClN2S. The number of nitrogens with two attached hydrogens (primary N) is 1. The van der Waals surface area contributed by atoms with Crippen LogP contribution in [-0.2, 0) is 0 Å². The van der Waals surface area contributed by atoms with Crippen LogP contribution in [0.3, 0.4) is 0 Å². The molecule has 2 nitrogen and oxygen atoms in total. The molecule has 0 bridgehead atoms. The zero-order valence-electron chi connectivity index (χ0n) is 11.0. The van der Waals surface area contributed by atoms with Crippen molar-refractivity contribution in [1.29, 1.82) is 0 Å². The molecule has 1 aliphatic heterocycles. The lowest BCUT2D eigenvalue weighted by Gasteiger charge is -2.39. The maximum absolute atomic E-state index is 6.23. The maximum Gasteiger partial charge on any atom is 0.0474 e. The molecule has 1 aromatic carbocycles. The van der Waals surface area contributed by atoms with E-state index in [9.17, 15) is 0 Å². The third kappa shape index (κ3) is 3.02. The van der Waals surface area contributed by atoms with Gasteiger partial charge in [-0.3, -0.25) is 4.90 Å². The molecule has 0 saturated carbocycles. The van der Waals surface area contributed by atoms with Gasteiger partial charge in [0.2, 0.25) is 0 Å². The number of benzene rings is 1. The van der Waals surface area contributed by atoms with Crippen LogP contribution in [0.1, 0.15) is 24.1 Å². The van der Waals surface area contributed by atoms with Crippen molar-refractivity contribution < 1.29 is 0 Å². The summed E-state index contributed by atoms with van der Waals surface area (Å²) in [5, 5.41) is 0.838. The molecule has 18 heavy (non-hydrogen) atoms. The molecule has 1 fully saturated rings. The predicted molar refractivity (Wildman–Crippen MR) is 81.5 cm³/mol. The maximum atomic E-state index is 6.23. The molecule has 1 aromatic rings. The Morgan fingerprint density at radius 2 is 2.33 bits per heavy atom. The highest BCUT2D eigenvalue weighted by atomic mass is 35.5. The lowest BCUT2D eigenvalue weighted by molar-refractivity contribution is 0.166. The number of halogens is 1. The van der Waals surface area contributed by atoms with E-state index in [1.165, 1.54) is 17.1 Å². The van der Waals surface area contributed by atoms with Crippen LogP contribution in [0.15, 0.2) is 18.2 Å². The topological polar surface area (TPSA) is 29.3 Å². The van der Waals surface area contributed by atoms with E-state index < -0.39 is 0 Å². The number of nitrogens with zero attached hydrogens (tertiary/aromatic N) is 1. The molecule has 0 spiro atoms. The molecular weight excluding hydrogens is 264 g/mol. The molecule has 0 aliphatic carbocycles. The van der Waals surface area contributed by atoms with E-state index in [0.717, 1.165) is 17.1 Å². The van der Waals surface area contributed by atoms with Gasteiger partial charge in [-0.1, -0.05) is 23.7 Å². The zero-order valence-corrected chi connectivity index (χ0v) is 12.6. The summed E-state index contributed by atoms with van der Waals surface area (Å²) in [6, 6.07) is 7.19. The second-order valence-electron chi connectivity index (χ2n) is 4.92. The van der Waals surface area contributed by atoms with E-state index in [4.69, 9.17) is 17.3 Å². The highest BCUT2D eigenvalue weighted by Crippen LogP contribution is 2.29. The van der Waals surface area contributed by atoms with Crippen molar-refractivity contribution in [2.45, 2.75) is 25.9 Å². The fraction of sp³-hybridized carbons (Fsp3) is 0.571. The van der Waals surface area contributed by atoms with Crippen LogP contribution in [0, 0.1) is 6.92 Å². The van der Waals surface area contributed by atoms with Crippen LogP contribution in [0.5, 0.6) is 0 Å². The van der Waals surface area contributed by atoms with Gasteiger partial charge < -0.3 is 5.73 Å². The van der Waals surface area contributed by atoms with Crippen molar-refractivity contribution in [3.8, 4) is 0 Å². The smallest absolute Gasteiger partial charge is 0.0474 e. The number of hydrogen-bond donors (Lipinski definition) is 1. The number of hydrogen-bond acceptors (Lipinski definition) is 3. The monoisotopic (exact) mass is 284 g/mol. The first-order chi connectivity index (χ1) is 8.63. The minimum atomic E-state index is 0.291. The SMILES string of the molecule is Cc1ccc(C(CN)N2CCSCC2C)cc1Cl. The summed E-state index contributed by atoms with van der Waals surface area (Å²) in [7, 11) is 0. The molecule has 1 saturated heterocycles. The van der Waals surface area contributed by atoms with Crippen molar-refractivity contribution in [3.05, 3.63) is 34.3 Å². The number of rotatable bonds is 3. The second-order valence-corrected chi connectivity index (χ2v) is 6.48. The molecule has 2 rings (SSSR count). The van der Waals surface area contributed by atoms with Crippen molar-refractivity contribution in [2.75, 3.05) is 24.6 Å². The fourth-order valence-corrected chi connectivity index (χ4v) is 3.71. The average Bonchev–Trinajstić information content (AvgIpc) is 2.37. The summed E-state index contributed by atoms with van der Waals surface area (Å²) in [4.78, 5) is 2.51. The molecule has 100 valence electrons. The van der Waals surface area contributed by atoms with E-state index in [-0.39, 0.29) is 0 Å². The van der Waals surface area contributed by atoms with E-state index in [1.54, 1.807) is 0 Å². The van der Waals surface area contributed by atoms with Gasteiger partial charge in [0, 0.05) is 41.7 Å². The average molecular weight is 285 g/mol. The van der Waals surface area contributed by atoms with Crippen molar-refractivity contribution in [3.63, 3.8) is 0 Å². The Hall–Kier alpha value is -0.220. The molecule has 1 heterocycles. The lowest BCUT2D eigenvalue weighted by atomic mass is 10.0. The molecule has 2 atom stereocenters. The summed E-state index contributed by atoms with van der Waals surface area (Å²) < 4.78 is 0. The summed E-state index contributed by atoms with van der Waals surface area (Å²) in [5.74, 6) is 2.39. The molecule has 0 radical (unpaired) electrons. The van der Waals surface area contributed by atoms with E-state index in [2.05, 4.69) is 30.0 Å². The first kappa shape index (κ1) is 14.2. The molecule has 2 unspecified atom stereocenters. The van der Waals surface area contributed by atoms with Crippen LogP contribution >= 0.6 is 23.4 Å². The Morgan fingerprint density at radius 1 is 1.56 bits per heavy atom. The van der Waals surface area contributed by atoms with Crippen LogP contribution in [0.25, 0.3) is 0 Å². The summed E-state index contributed by atoms with van der Waals surface area (Å²) >= 11 is 8.25. The van der Waals surface area contributed by atoms with Gasteiger partial charge in [-0.2, -0.15) is 11.8 Å². The van der Waals surface area contributed by atoms with Gasteiger partial charge in [-0.25, -0.2) is 0 Å². The molecule has 4 heteroatoms. The highest BCUT2D eigenvalue weighted by Gasteiger charge is 2.26. The van der Waals surface area contributed by atoms with Gasteiger partial charge in [0.25, 0.3) is 0 Å². The lowest BCUT2D eigenvalue weighted by Crippen LogP contribution is -2.45. The van der Waals surface area contributed by atoms with Crippen molar-refractivity contribution >= 4 is 23.4 Å². The van der Waals surface area contributed by atoms with Crippen LogP contribution < -0.4 is 5.73 Å². The van der Waals surface area contributed by atoms with Crippen molar-refractivity contribution in [1.82, 2.24) is 4.90 Å². The van der Waals surface area contributed by atoms with E-state index in [1.807, 2.05) is 18.7 Å². The van der Waals surface area contributed by atoms with Crippen molar-refractivity contribution in [2.24, 2.45) is 5.73 Å². The summed E-state index contributed by atoms with van der Waals surface area (Å²) in [5.41, 5.74) is 8.36. The van der Waals surface area contributed by atoms with Gasteiger partial charge >= 0.3 is 0 Å². The summed E-state index contributed by atoms with van der Waals surface area (Å²) in [6.45, 7) is 6.07. The van der Waals surface area contributed by atoms with E-state index in [0.29, 0.717) is 18.6 Å². The van der Waals surface area contributed by atoms with Gasteiger partial charge in [0.05, 0.1) is 0 Å². The number of aryl methyl sites for hydroxylation is 1. The Kier molecular flexibility index (Phi) is 4.96. The van der Waals surface area contributed by atoms with Crippen LogP contribution in [0.2, 0.25) is 5.02 Å². The second kappa shape index (κ2) is 6.29. The quantitative estimate of drug-likeness (QED) is 0.925.